The fourth-order valence-electron chi connectivity index (χ4n) is 3.18. The lowest BCUT2D eigenvalue weighted by molar-refractivity contribution is -0.154. The van der Waals surface area contributed by atoms with E-state index in [2.05, 4.69) is 30.6 Å². The lowest BCUT2D eigenvalue weighted by Gasteiger charge is -2.45. The highest BCUT2D eigenvalue weighted by Gasteiger charge is 2.46. The van der Waals surface area contributed by atoms with Gasteiger partial charge in [-0.1, -0.05) is 19.9 Å². The van der Waals surface area contributed by atoms with Crippen molar-refractivity contribution in [1.29, 1.82) is 0 Å². The van der Waals surface area contributed by atoms with E-state index < -0.39 is 0 Å². The van der Waals surface area contributed by atoms with Crippen LogP contribution in [0.4, 0.5) is 5.69 Å². The monoisotopic (exact) mass is 331 g/mol. The standard InChI is InChI=1S/C18H21NO3S/c1-11(20)22-17-13-10-12(21-4)7-8-14(13)19-16(18(17,2)3)15-6-5-9-23-15/h5-10,16-17,19H,1-4H3/t16-,17+/m0/s1. The van der Waals surface area contributed by atoms with E-state index in [0.717, 1.165) is 17.0 Å². The molecule has 2 atom stereocenters. The molecule has 1 N–H and O–H groups in total. The summed E-state index contributed by atoms with van der Waals surface area (Å²) in [6.07, 6.45) is -0.335. The van der Waals surface area contributed by atoms with Gasteiger partial charge in [-0.2, -0.15) is 0 Å². The van der Waals surface area contributed by atoms with E-state index in [-0.39, 0.29) is 23.5 Å². The first-order chi connectivity index (χ1) is 10.9. The molecule has 2 aromatic rings. The third-order valence-corrected chi connectivity index (χ3v) is 5.31. The number of anilines is 1. The van der Waals surface area contributed by atoms with Crippen molar-refractivity contribution >= 4 is 23.0 Å². The molecule has 122 valence electrons. The molecule has 1 aromatic heterocycles. The number of methoxy groups -OCH3 is 1. The van der Waals surface area contributed by atoms with Crippen molar-refractivity contribution in [2.75, 3.05) is 12.4 Å². The summed E-state index contributed by atoms with van der Waals surface area (Å²) >= 11 is 1.71. The molecule has 0 saturated heterocycles. The van der Waals surface area contributed by atoms with Gasteiger partial charge < -0.3 is 14.8 Å². The van der Waals surface area contributed by atoms with Crippen molar-refractivity contribution in [3.05, 3.63) is 46.2 Å². The predicted molar refractivity (Wildman–Crippen MR) is 92.0 cm³/mol. The first-order valence-corrected chi connectivity index (χ1v) is 8.46. The van der Waals surface area contributed by atoms with E-state index in [1.54, 1.807) is 18.4 Å². The Kier molecular flexibility index (Phi) is 4.06. The Morgan fingerprint density at radius 3 is 2.70 bits per heavy atom. The zero-order chi connectivity index (χ0) is 16.6. The number of rotatable bonds is 3. The number of thiophene rings is 1. The van der Waals surface area contributed by atoms with E-state index in [0.29, 0.717) is 0 Å². The van der Waals surface area contributed by atoms with Crippen LogP contribution in [0.1, 0.15) is 43.4 Å². The molecular formula is C18H21NO3S. The highest BCUT2D eigenvalue weighted by Crippen LogP contribution is 2.54. The minimum atomic E-state index is -0.335. The molecule has 5 heteroatoms. The summed E-state index contributed by atoms with van der Waals surface area (Å²) in [5.74, 6) is 0.483. The van der Waals surface area contributed by atoms with Crippen molar-refractivity contribution < 1.29 is 14.3 Å². The molecule has 0 amide bonds. The number of carbonyl (C=O) groups is 1. The minimum Gasteiger partial charge on any atom is -0.497 e. The van der Waals surface area contributed by atoms with Gasteiger partial charge in [0.2, 0.25) is 0 Å². The van der Waals surface area contributed by atoms with Crippen LogP contribution in [0.25, 0.3) is 0 Å². The number of fused-ring (bicyclic) bond motifs is 1. The second-order valence-electron chi connectivity index (χ2n) is 6.36. The fourth-order valence-corrected chi connectivity index (χ4v) is 4.15. The van der Waals surface area contributed by atoms with E-state index in [9.17, 15) is 4.79 Å². The molecule has 4 nitrogen and oxygen atoms in total. The molecule has 23 heavy (non-hydrogen) atoms. The maximum absolute atomic E-state index is 11.7. The number of ether oxygens (including phenoxy) is 2. The van der Waals surface area contributed by atoms with Crippen LogP contribution in [0.2, 0.25) is 0 Å². The average Bonchev–Trinajstić information content (AvgIpc) is 3.03. The summed E-state index contributed by atoms with van der Waals surface area (Å²) in [5, 5.41) is 5.67. The SMILES string of the molecule is COc1ccc2c(c1)[C@@H](OC(C)=O)C(C)(C)[C@H](c1cccs1)N2. The van der Waals surface area contributed by atoms with Crippen molar-refractivity contribution in [1.82, 2.24) is 0 Å². The Hall–Kier alpha value is -2.01. The number of carbonyl (C=O) groups excluding carboxylic acids is 1. The van der Waals surface area contributed by atoms with Gasteiger partial charge in [0.25, 0.3) is 0 Å². The van der Waals surface area contributed by atoms with Gasteiger partial charge >= 0.3 is 5.97 Å². The van der Waals surface area contributed by atoms with E-state index in [1.165, 1.54) is 11.8 Å². The molecule has 0 radical (unpaired) electrons. The molecule has 0 fully saturated rings. The summed E-state index contributed by atoms with van der Waals surface area (Å²) in [6, 6.07) is 10.1. The molecule has 1 aromatic carbocycles. The summed E-state index contributed by atoms with van der Waals surface area (Å²) in [5.41, 5.74) is 1.64. The number of esters is 1. The van der Waals surface area contributed by atoms with E-state index in [1.807, 2.05) is 24.3 Å². The summed E-state index contributed by atoms with van der Waals surface area (Å²) < 4.78 is 11.1. The van der Waals surface area contributed by atoms with Gasteiger partial charge in [0.15, 0.2) is 0 Å². The van der Waals surface area contributed by atoms with E-state index >= 15 is 0 Å². The second-order valence-corrected chi connectivity index (χ2v) is 7.34. The topological polar surface area (TPSA) is 47.6 Å². The summed E-state index contributed by atoms with van der Waals surface area (Å²) in [6.45, 7) is 5.71. The van der Waals surface area contributed by atoms with Crippen LogP contribution in [-0.2, 0) is 9.53 Å². The third-order valence-electron chi connectivity index (χ3n) is 4.37. The van der Waals surface area contributed by atoms with Crippen LogP contribution in [0, 0.1) is 5.41 Å². The fraction of sp³-hybridized carbons (Fsp3) is 0.389. The average molecular weight is 331 g/mol. The van der Waals surface area contributed by atoms with Gasteiger partial charge in [-0.05, 0) is 29.6 Å². The number of benzene rings is 1. The Balaban J connectivity index is 2.11. The Labute approximate surface area is 140 Å². The summed E-state index contributed by atoms with van der Waals surface area (Å²) in [7, 11) is 1.64. The lowest BCUT2D eigenvalue weighted by Crippen LogP contribution is -2.40. The van der Waals surface area contributed by atoms with Crippen LogP contribution in [0.15, 0.2) is 35.7 Å². The highest BCUT2D eigenvalue weighted by atomic mass is 32.1. The zero-order valence-corrected chi connectivity index (χ0v) is 14.6. The first kappa shape index (κ1) is 15.9. The molecule has 0 bridgehead atoms. The lowest BCUT2D eigenvalue weighted by atomic mass is 9.72. The van der Waals surface area contributed by atoms with Crippen LogP contribution >= 0.6 is 11.3 Å². The molecule has 0 saturated carbocycles. The molecule has 0 unspecified atom stereocenters. The molecule has 1 aliphatic heterocycles. The Bertz CT molecular complexity index is 709. The maximum Gasteiger partial charge on any atom is 0.303 e. The maximum atomic E-state index is 11.7. The van der Waals surface area contributed by atoms with Gasteiger partial charge in [0.05, 0.1) is 13.2 Å². The molecule has 3 rings (SSSR count). The van der Waals surface area contributed by atoms with Crippen molar-refractivity contribution in [2.45, 2.75) is 32.9 Å². The van der Waals surface area contributed by atoms with Crippen LogP contribution in [0.5, 0.6) is 5.75 Å². The second kappa shape index (κ2) is 5.89. The largest absolute Gasteiger partial charge is 0.497 e. The Morgan fingerprint density at radius 2 is 2.09 bits per heavy atom. The van der Waals surface area contributed by atoms with Crippen LogP contribution in [-0.4, -0.2) is 13.1 Å². The summed E-state index contributed by atoms with van der Waals surface area (Å²) in [4.78, 5) is 12.9. The van der Waals surface area contributed by atoms with Gasteiger partial charge in [0, 0.05) is 28.5 Å². The van der Waals surface area contributed by atoms with Gasteiger partial charge in [-0.3, -0.25) is 4.79 Å². The number of nitrogens with one attached hydrogen (secondary N) is 1. The minimum absolute atomic E-state index is 0.0766. The van der Waals surface area contributed by atoms with Gasteiger partial charge in [-0.25, -0.2) is 0 Å². The smallest absolute Gasteiger partial charge is 0.303 e. The molecule has 0 aliphatic carbocycles. The van der Waals surface area contributed by atoms with E-state index in [4.69, 9.17) is 9.47 Å². The highest BCUT2D eigenvalue weighted by molar-refractivity contribution is 7.10. The number of hydrogen-bond acceptors (Lipinski definition) is 5. The van der Waals surface area contributed by atoms with Gasteiger partial charge in [0.1, 0.15) is 11.9 Å². The molecule has 2 heterocycles. The number of hydrogen-bond donors (Lipinski definition) is 1. The molecule has 0 spiro atoms. The third kappa shape index (κ3) is 2.81. The normalized spacial score (nSPS) is 21.9. The quantitative estimate of drug-likeness (QED) is 0.838. The van der Waals surface area contributed by atoms with Crippen molar-refractivity contribution in [3.63, 3.8) is 0 Å². The zero-order valence-electron chi connectivity index (χ0n) is 13.8. The molecular weight excluding hydrogens is 310 g/mol. The Morgan fingerprint density at radius 1 is 1.30 bits per heavy atom. The van der Waals surface area contributed by atoms with Gasteiger partial charge in [-0.15, -0.1) is 11.3 Å². The first-order valence-electron chi connectivity index (χ1n) is 7.58. The predicted octanol–water partition coefficient (Wildman–Crippen LogP) is 4.55. The van der Waals surface area contributed by atoms with Crippen molar-refractivity contribution in [2.24, 2.45) is 5.41 Å². The van der Waals surface area contributed by atoms with Crippen LogP contribution < -0.4 is 10.1 Å². The van der Waals surface area contributed by atoms with Crippen molar-refractivity contribution in [3.8, 4) is 5.75 Å². The van der Waals surface area contributed by atoms with Crippen LogP contribution in [0.3, 0.4) is 0 Å². The molecule has 1 aliphatic rings.